The predicted molar refractivity (Wildman–Crippen MR) is 198 cm³/mol. The van der Waals surface area contributed by atoms with Crippen molar-refractivity contribution in [1.82, 2.24) is 41.8 Å². The molecule has 1 fully saturated rings. The van der Waals surface area contributed by atoms with Crippen LogP contribution in [0.25, 0.3) is 10.9 Å². The lowest BCUT2D eigenvalue weighted by atomic mass is 9.95. The third kappa shape index (κ3) is 9.55. The maximum Gasteiger partial charge on any atom is 0.246 e. The molecule has 7 amide bonds. The Labute approximate surface area is 320 Å². The lowest BCUT2D eigenvalue weighted by Crippen LogP contribution is -2.62. The molecule has 300 valence electrons. The second-order valence-corrected chi connectivity index (χ2v) is 15.7. The number of carbonyl (C=O) groups is 7. The lowest BCUT2D eigenvalue weighted by Gasteiger charge is -2.31. The SMILES string of the molecule is CC1NC(=O)C(CC(C)(O)CN)NC(=O)C2Cc3c([nH]c4ccccc34)SCC(NC(=O)C(C(C)O)NC1=O)C(=O)N1CC(O)CC1C(=O)NC(C)C(=O)N2. The van der Waals surface area contributed by atoms with E-state index in [0.29, 0.717) is 21.5 Å². The molecule has 20 heteroatoms. The normalized spacial score (nSPS) is 30.8. The van der Waals surface area contributed by atoms with Crippen LogP contribution in [0.4, 0.5) is 0 Å². The third-order valence-corrected chi connectivity index (χ3v) is 11.1. The summed E-state index contributed by atoms with van der Waals surface area (Å²) in [5.41, 5.74) is 5.27. The van der Waals surface area contributed by atoms with Gasteiger partial charge in [-0.05, 0) is 39.3 Å². The van der Waals surface area contributed by atoms with Gasteiger partial charge in [0, 0.05) is 49.0 Å². The quantitative estimate of drug-likeness (QED) is 0.142. The van der Waals surface area contributed by atoms with E-state index in [0.717, 1.165) is 16.7 Å². The Morgan fingerprint density at radius 2 is 1.51 bits per heavy atom. The molecular weight excluding hydrogens is 739 g/mol. The Bertz CT molecular complexity index is 1840. The molecule has 1 aromatic carbocycles. The summed E-state index contributed by atoms with van der Waals surface area (Å²) in [6, 6.07) is -2.62. The summed E-state index contributed by atoms with van der Waals surface area (Å²) < 4.78 is 0. The number of aliphatic hydroxyl groups is 3. The van der Waals surface area contributed by atoms with Crippen molar-refractivity contribution in [3.8, 4) is 0 Å². The smallest absolute Gasteiger partial charge is 0.246 e. The maximum absolute atomic E-state index is 14.3. The van der Waals surface area contributed by atoms with Crippen molar-refractivity contribution >= 4 is 64.0 Å². The molecular formula is C35H49N9O10S. The number of thioether (sulfide) groups is 1. The van der Waals surface area contributed by atoms with E-state index >= 15 is 0 Å². The molecule has 5 rings (SSSR count). The Morgan fingerprint density at radius 3 is 2.18 bits per heavy atom. The first-order valence-corrected chi connectivity index (χ1v) is 19.0. The van der Waals surface area contributed by atoms with Gasteiger partial charge in [-0.3, -0.25) is 33.6 Å². The van der Waals surface area contributed by atoms with Crippen LogP contribution in [0.15, 0.2) is 29.3 Å². The number of aliphatic hydroxyl groups excluding tert-OH is 2. The molecule has 3 aliphatic rings. The van der Waals surface area contributed by atoms with E-state index in [4.69, 9.17) is 5.73 Å². The van der Waals surface area contributed by atoms with Crippen LogP contribution in [-0.4, -0.2) is 145 Å². The van der Waals surface area contributed by atoms with E-state index in [1.54, 1.807) is 24.3 Å². The summed E-state index contributed by atoms with van der Waals surface area (Å²) in [5.74, 6) is -6.07. The molecule has 0 radical (unpaired) electrons. The fourth-order valence-electron chi connectivity index (χ4n) is 6.76. The number of rotatable bonds is 4. The van der Waals surface area contributed by atoms with Crippen LogP contribution in [-0.2, 0) is 40.0 Å². The van der Waals surface area contributed by atoms with Crippen LogP contribution in [0, 0.1) is 0 Å². The van der Waals surface area contributed by atoms with Gasteiger partial charge in [-0.25, -0.2) is 0 Å². The monoisotopic (exact) mass is 787 g/mol. The summed E-state index contributed by atoms with van der Waals surface area (Å²) in [6.07, 6.45) is -3.35. The van der Waals surface area contributed by atoms with Gasteiger partial charge in [-0.15, -0.1) is 11.8 Å². The second kappa shape index (κ2) is 16.9. The van der Waals surface area contributed by atoms with Crippen molar-refractivity contribution in [1.29, 1.82) is 0 Å². The molecule has 1 saturated heterocycles. The van der Waals surface area contributed by atoms with Crippen molar-refractivity contribution in [3.63, 3.8) is 0 Å². The number of fused-ring (bicyclic) bond motifs is 5. The fraction of sp³-hybridized carbons (Fsp3) is 0.571. The summed E-state index contributed by atoms with van der Waals surface area (Å²) in [5, 5.41) is 48.6. The molecule has 19 nitrogen and oxygen atoms in total. The molecule has 10 unspecified atom stereocenters. The molecule has 2 bridgehead atoms. The topological polar surface area (TPSA) is 297 Å². The van der Waals surface area contributed by atoms with Crippen LogP contribution in [0.1, 0.15) is 46.1 Å². The van der Waals surface area contributed by atoms with Gasteiger partial charge in [-0.2, -0.15) is 0 Å². The van der Waals surface area contributed by atoms with Gasteiger partial charge in [0.1, 0.15) is 42.3 Å². The van der Waals surface area contributed by atoms with Gasteiger partial charge in [0.25, 0.3) is 0 Å². The number of carbonyl (C=O) groups excluding carboxylic acids is 7. The average Bonchev–Trinajstić information content (AvgIpc) is 3.69. The minimum atomic E-state index is -1.67. The Kier molecular flexibility index (Phi) is 12.8. The van der Waals surface area contributed by atoms with E-state index in [2.05, 4.69) is 36.9 Å². The molecule has 0 aliphatic carbocycles. The Hall–Kier alpha value is -4.76. The Balaban J connectivity index is 1.69. The van der Waals surface area contributed by atoms with E-state index in [-0.39, 0.29) is 31.7 Å². The van der Waals surface area contributed by atoms with Crippen LogP contribution in [0.2, 0.25) is 0 Å². The number of nitrogens with zero attached hydrogens (tertiary/aromatic N) is 1. The first-order valence-electron chi connectivity index (χ1n) is 18.0. The van der Waals surface area contributed by atoms with Crippen LogP contribution in [0.5, 0.6) is 0 Å². The van der Waals surface area contributed by atoms with Crippen molar-refractivity contribution in [3.05, 3.63) is 29.8 Å². The lowest BCUT2D eigenvalue weighted by molar-refractivity contribution is -0.142. The summed E-state index contributed by atoms with van der Waals surface area (Å²) in [7, 11) is 0. The van der Waals surface area contributed by atoms with Crippen molar-refractivity contribution in [2.45, 2.75) is 112 Å². The molecule has 1 aromatic heterocycles. The zero-order chi connectivity index (χ0) is 40.4. The molecule has 2 aromatic rings. The molecule has 10 atom stereocenters. The number of nitrogens with two attached hydrogens (primary N) is 1. The van der Waals surface area contributed by atoms with E-state index in [1.807, 2.05) is 0 Å². The van der Waals surface area contributed by atoms with Crippen molar-refractivity contribution in [2.24, 2.45) is 5.73 Å². The van der Waals surface area contributed by atoms with Gasteiger partial charge in [0.2, 0.25) is 41.4 Å². The first kappa shape index (κ1) is 41.4. The summed E-state index contributed by atoms with van der Waals surface area (Å²) in [6.45, 7) is 4.70. The maximum atomic E-state index is 14.3. The second-order valence-electron chi connectivity index (χ2n) is 14.7. The van der Waals surface area contributed by atoms with Gasteiger partial charge in [0.15, 0.2) is 0 Å². The van der Waals surface area contributed by atoms with Gasteiger partial charge in [-0.1, -0.05) is 18.2 Å². The highest BCUT2D eigenvalue weighted by atomic mass is 32.2. The zero-order valence-corrected chi connectivity index (χ0v) is 31.7. The summed E-state index contributed by atoms with van der Waals surface area (Å²) in [4.78, 5) is 101. The first-order chi connectivity index (χ1) is 25.9. The zero-order valence-electron chi connectivity index (χ0n) is 30.9. The molecule has 12 N–H and O–H groups in total. The van der Waals surface area contributed by atoms with Crippen molar-refractivity contribution < 1.29 is 48.9 Å². The van der Waals surface area contributed by atoms with Gasteiger partial charge in [0.05, 0.1) is 22.8 Å². The molecule has 55 heavy (non-hydrogen) atoms. The number of para-hydroxylation sites is 1. The molecule has 0 spiro atoms. The van der Waals surface area contributed by atoms with Crippen LogP contribution >= 0.6 is 11.8 Å². The number of aromatic nitrogens is 1. The minimum Gasteiger partial charge on any atom is -0.391 e. The Morgan fingerprint density at radius 1 is 0.873 bits per heavy atom. The average molecular weight is 788 g/mol. The van der Waals surface area contributed by atoms with Gasteiger partial charge < -0.3 is 62.8 Å². The fourth-order valence-corrected chi connectivity index (χ4v) is 7.87. The summed E-state index contributed by atoms with van der Waals surface area (Å²) >= 11 is 1.10. The standard InChI is InChI=1S/C35H49N9O10S/c1-15-27(47)39-22-10-20-19-7-5-6-8-21(19)42-33(20)55-13-24(34(53)44-12-18(46)9-25(44)31(51)38-15)41-32(52)26(17(3)45)43-28(48)16(2)37-30(50)23(40-29(22)49)11-35(4,54)14-36/h5-8,15-18,22-26,42,45-46,54H,9-14,36H2,1-4H3,(H,37,50)(H,38,51)(H,39,47)(H,40,49)(H,41,52)(H,43,48). The van der Waals surface area contributed by atoms with Crippen molar-refractivity contribution in [2.75, 3.05) is 18.8 Å². The van der Waals surface area contributed by atoms with E-state index in [1.165, 1.54) is 27.7 Å². The largest absolute Gasteiger partial charge is 0.391 e. The number of hydrogen-bond acceptors (Lipinski definition) is 12. The van der Waals surface area contributed by atoms with E-state index < -0.39 is 108 Å². The molecule has 0 saturated carbocycles. The molecule has 4 heterocycles. The predicted octanol–water partition coefficient (Wildman–Crippen LogP) is -3.78. The minimum absolute atomic E-state index is 0.159. The number of benzene rings is 1. The number of hydrogen-bond donors (Lipinski definition) is 11. The molecule has 3 aliphatic heterocycles. The highest BCUT2D eigenvalue weighted by Gasteiger charge is 2.44. The highest BCUT2D eigenvalue weighted by Crippen LogP contribution is 2.32. The number of H-pyrrole nitrogens is 1. The van der Waals surface area contributed by atoms with Crippen LogP contribution in [0.3, 0.4) is 0 Å². The third-order valence-electron chi connectivity index (χ3n) is 9.97. The number of aromatic amines is 1. The van der Waals surface area contributed by atoms with Crippen LogP contribution < -0.4 is 37.6 Å². The van der Waals surface area contributed by atoms with E-state index in [9.17, 15) is 48.9 Å². The number of amides is 7. The number of nitrogens with one attached hydrogen (secondary N) is 7. The van der Waals surface area contributed by atoms with Gasteiger partial charge >= 0.3 is 0 Å². The highest BCUT2D eigenvalue weighted by molar-refractivity contribution is 7.99.